The number of carbonyl (C=O) groups is 1. The first-order valence-electron chi connectivity index (χ1n) is 10.8. The van der Waals surface area contributed by atoms with Crippen LogP contribution in [0.15, 0.2) is 66.0 Å². The van der Waals surface area contributed by atoms with Crippen molar-refractivity contribution >= 4 is 22.9 Å². The molecule has 7 heteroatoms. The maximum atomic E-state index is 13.3. The monoisotopic (exact) mass is 453 g/mol. The number of anilines is 1. The Kier molecular flexibility index (Phi) is 7.07. The average molecular weight is 454 g/mol. The third-order valence-electron chi connectivity index (χ3n) is 5.92. The maximum Gasteiger partial charge on any atom is 0.251 e. The lowest BCUT2D eigenvalue weighted by Gasteiger charge is -2.42. The van der Waals surface area contributed by atoms with E-state index in [0.717, 1.165) is 37.6 Å². The van der Waals surface area contributed by atoms with Crippen LogP contribution in [0.25, 0.3) is 0 Å². The van der Waals surface area contributed by atoms with Crippen molar-refractivity contribution < 1.29 is 13.9 Å². The quantitative estimate of drug-likeness (QED) is 0.569. The predicted molar refractivity (Wildman–Crippen MR) is 127 cm³/mol. The molecule has 1 fully saturated rings. The molecule has 0 aliphatic carbocycles. The summed E-state index contributed by atoms with van der Waals surface area (Å²) in [5, 5.41) is 5.28. The molecule has 0 bridgehead atoms. The summed E-state index contributed by atoms with van der Waals surface area (Å²) in [5.74, 6) is 0.420. The minimum absolute atomic E-state index is 0.0689. The van der Waals surface area contributed by atoms with Gasteiger partial charge in [0.15, 0.2) is 0 Å². The van der Waals surface area contributed by atoms with E-state index in [1.807, 2.05) is 12.1 Å². The molecule has 1 aliphatic rings. The number of rotatable bonds is 7. The third kappa shape index (κ3) is 5.11. The van der Waals surface area contributed by atoms with Crippen molar-refractivity contribution in [3.8, 4) is 5.75 Å². The Morgan fingerprint density at radius 1 is 1.03 bits per heavy atom. The summed E-state index contributed by atoms with van der Waals surface area (Å²) in [4.78, 5) is 18.8. The molecule has 1 aromatic heterocycles. The summed E-state index contributed by atoms with van der Waals surface area (Å²) in [6, 6.07) is 18.0. The Morgan fingerprint density at radius 2 is 1.72 bits per heavy atom. The summed E-state index contributed by atoms with van der Waals surface area (Å²) in [5.41, 5.74) is 1.66. The van der Waals surface area contributed by atoms with Gasteiger partial charge >= 0.3 is 0 Å². The largest absolute Gasteiger partial charge is 0.497 e. The lowest BCUT2D eigenvalue weighted by atomic mass is 10.0. The van der Waals surface area contributed by atoms with Crippen molar-refractivity contribution in [2.45, 2.75) is 19.0 Å². The molecule has 32 heavy (non-hydrogen) atoms. The van der Waals surface area contributed by atoms with Gasteiger partial charge in [-0.2, -0.15) is 0 Å². The molecule has 3 aromatic rings. The van der Waals surface area contributed by atoms with Crippen LogP contribution in [0.2, 0.25) is 0 Å². The number of methoxy groups -OCH3 is 1. The Balaban J connectivity index is 1.44. The summed E-state index contributed by atoms with van der Waals surface area (Å²) >= 11 is 1.71. The Hall–Kier alpha value is -2.90. The molecule has 0 unspecified atom stereocenters. The molecule has 1 saturated heterocycles. The molecule has 1 N–H and O–H groups in total. The van der Waals surface area contributed by atoms with Crippen LogP contribution < -0.4 is 15.0 Å². The van der Waals surface area contributed by atoms with Gasteiger partial charge in [0, 0.05) is 48.3 Å². The minimum atomic E-state index is -0.216. The van der Waals surface area contributed by atoms with Crippen molar-refractivity contribution in [3.63, 3.8) is 0 Å². The number of ether oxygens (including phenoxy) is 1. The van der Waals surface area contributed by atoms with Crippen molar-refractivity contribution in [2.75, 3.05) is 38.2 Å². The lowest BCUT2D eigenvalue weighted by Crippen LogP contribution is -2.52. The molecule has 1 aliphatic heterocycles. The number of hydrogen-bond acceptors (Lipinski definition) is 5. The van der Waals surface area contributed by atoms with E-state index in [9.17, 15) is 9.18 Å². The second-order valence-electron chi connectivity index (χ2n) is 7.95. The van der Waals surface area contributed by atoms with E-state index in [0.29, 0.717) is 5.56 Å². The Labute approximate surface area is 192 Å². The maximum absolute atomic E-state index is 13.3. The zero-order chi connectivity index (χ0) is 22.5. The number of hydrogen-bond donors (Lipinski definition) is 1. The van der Waals surface area contributed by atoms with E-state index in [1.54, 1.807) is 42.7 Å². The van der Waals surface area contributed by atoms with Crippen LogP contribution in [0.1, 0.15) is 28.2 Å². The highest BCUT2D eigenvalue weighted by Crippen LogP contribution is 2.30. The molecule has 168 valence electrons. The van der Waals surface area contributed by atoms with Crippen molar-refractivity contribution in [1.29, 1.82) is 0 Å². The number of piperazine rings is 1. The summed E-state index contributed by atoms with van der Waals surface area (Å²) in [7, 11) is 1.61. The van der Waals surface area contributed by atoms with Gasteiger partial charge in [-0.05, 0) is 66.9 Å². The van der Waals surface area contributed by atoms with Gasteiger partial charge in [-0.15, -0.1) is 11.3 Å². The lowest BCUT2D eigenvalue weighted by molar-refractivity contribution is 0.0890. The van der Waals surface area contributed by atoms with E-state index >= 15 is 0 Å². The molecule has 0 saturated carbocycles. The fraction of sp³-hybridized carbons (Fsp3) is 0.320. The van der Waals surface area contributed by atoms with Crippen LogP contribution in [-0.2, 0) is 0 Å². The highest BCUT2D eigenvalue weighted by Gasteiger charge is 2.31. The van der Waals surface area contributed by atoms with Gasteiger partial charge in [-0.1, -0.05) is 6.07 Å². The second kappa shape index (κ2) is 10.1. The van der Waals surface area contributed by atoms with Gasteiger partial charge in [0.1, 0.15) is 11.6 Å². The summed E-state index contributed by atoms with van der Waals surface area (Å²) in [6.07, 6.45) is 0. The molecule has 5 nitrogen and oxygen atoms in total. The summed E-state index contributed by atoms with van der Waals surface area (Å²) in [6.45, 7) is 5.50. The Morgan fingerprint density at radius 3 is 2.31 bits per heavy atom. The molecule has 4 rings (SSSR count). The van der Waals surface area contributed by atoms with Gasteiger partial charge in [0.25, 0.3) is 5.91 Å². The molecular weight excluding hydrogens is 425 g/mol. The van der Waals surface area contributed by atoms with Crippen molar-refractivity contribution in [3.05, 3.63) is 82.3 Å². The normalized spacial score (nSPS) is 16.4. The number of nitrogens with one attached hydrogen (secondary N) is 1. The minimum Gasteiger partial charge on any atom is -0.497 e. The molecule has 2 heterocycles. The third-order valence-corrected chi connectivity index (χ3v) is 6.86. The number of nitrogens with zero attached hydrogens (tertiary/aromatic N) is 2. The number of benzene rings is 2. The van der Waals surface area contributed by atoms with Crippen molar-refractivity contribution in [1.82, 2.24) is 10.2 Å². The van der Waals surface area contributed by atoms with E-state index in [-0.39, 0.29) is 23.8 Å². The van der Waals surface area contributed by atoms with E-state index in [1.165, 1.54) is 17.0 Å². The van der Waals surface area contributed by atoms with Gasteiger partial charge in [-0.25, -0.2) is 4.39 Å². The van der Waals surface area contributed by atoms with Crippen LogP contribution in [0.5, 0.6) is 5.75 Å². The van der Waals surface area contributed by atoms with Crippen LogP contribution in [0.3, 0.4) is 0 Å². The number of thiophene rings is 1. The highest BCUT2D eigenvalue weighted by molar-refractivity contribution is 7.10. The molecule has 0 radical (unpaired) electrons. The zero-order valence-corrected chi connectivity index (χ0v) is 19.1. The van der Waals surface area contributed by atoms with Crippen LogP contribution in [0.4, 0.5) is 10.1 Å². The van der Waals surface area contributed by atoms with Crippen LogP contribution in [-0.4, -0.2) is 50.1 Å². The fourth-order valence-electron chi connectivity index (χ4n) is 4.22. The van der Waals surface area contributed by atoms with Gasteiger partial charge in [0.2, 0.25) is 0 Å². The fourth-order valence-corrected chi connectivity index (χ4v) is 5.19. The molecule has 0 spiro atoms. The number of halogens is 1. The Bertz CT molecular complexity index is 1000. The smallest absolute Gasteiger partial charge is 0.251 e. The molecular formula is C25H28FN3O2S. The van der Waals surface area contributed by atoms with Gasteiger partial charge in [-0.3, -0.25) is 9.69 Å². The van der Waals surface area contributed by atoms with Crippen LogP contribution in [0, 0.1) is 5.82 Å². The standard InChI is InChI=1S/C25H28FN3O2S/c1-18(27-25(30)19-5-11-22(31-2)12-6-19)24(23-4-3-17-32-23)29-15-13-28(14-16-29)21-9-7-20(26)8-10-21/h3-12,17-18,24H,13-16H2,1-2H3,(H,27,30)/t18-,24-/m0/s1. The highest BCUT2D eigenvalue weighted by atomic mass is 32.1. The topological polar surface area (TPSA) is 44.8 Å². The summed E-state index contributed by atoms with van der Waals surface area (Å²) < 4.78 is 18.4. The zero-order valence-electron chi connectivity index (χ0n) is 18.3. The molecule has 1 amide bonds. The first-order valence-corrected chi connectivity index (χ1v) is 11.7. The first-order chi connectivity index (χ1) is 15.5. The van der Waals surface area contributed by atoms with Gasteiger partial charge in [0.05, 0.1) is 13.2 Å². The second-order valence-corrected chi connectivity index (χ2v) is 8.93. The number of carbonyl (C=O) groups excluding carboxylic acids is 1. The molecule has 2 aromatic carbocycles. The van der Waals surface area contributed by atoms with Crippen LogP contribution >= 0.6 is 11.3 Å². The average Bonchev–Trinajstić information content (AvgIpc) is 3.34. The van der Waals surface area contributed by atoms with E-state index in [2.05, 4.69) is 39.6 Å². The number of amides is 1. The SMILES string of the molecule is COc1ccc(C(=O)N[C@@H](C)[C@@H](c2cccs2)N2CCN(c3ccc(F)cc3)CC2)cc1. The van der Waals surface area contributed by atoms with Gasteiger partial charge < -0.3 is 15.0 Å². The molecule has 2 atom stereocenters. The van der Waals surface area contributed by atoms with E-state index in [4.69, 9.17) is 4.74 Å². The van der Waals surface area contributed by atoms with Crippen molar-refractivity contribution in [2.24, 2.45) is 0 Å². The predicted octanol–water partition coefficient (Wildman–Crippen LogP) is 4.58. The van der Waals surface area contributed by atoms with E-state index < -0.39 is 0 Å². The first kappa shape index (κ1) is 22.3.